The number of hydrogen-bond donors (Lipinski definition) is 1. The Morgan fingerprint density at radius 1 is 0.969 bits per heavy atom. The minimum Gasteiger partial charge on any atom is -0.293 e. The van der Waals surface area contributed by atoms with Crippen LogP contribution in [-0.2, 0) is 21.5 Å². The van der Waals surface area contributed by atoms with Gasteiger partial charge in [-0.1, -0.05) is 34.0 Å². The van der Waals surface area contributed by atoms with E-state index in [0.29, 0.717) is 21.1 Å². The van der Waals surface area contributed by atoms with Crippen LogP contribution in [0.3, 0.4) is 0 Å². The van der Waals surface area contributed by atoms with Crippen LogP contribution in [0.4, 0.5) is 0 Å². The van der Waals surface area contributed by atoms with Crippen molar-refractivity contribution in [3.05, 3.63) is 88.4 Å². The highest BCUT2D eigenvalue weighted by Crippen LogP contribution is 2.30. The molecule has 0 aliphatic carbocycles. The number of hydrogen-bond acceptors (Lipinski definition) is 3. The van der Waals surface area contributed by atoms with E-state index in [0.717, 1.165) is 27.5 Å². The predicted octanol–water partition coefficient (Wildman–Crippen LogP) is 5.16. The molecule has 5 aromatic rings. The van der Waals surface area contributed by atoms with Gasteiger partial charge in [0.1, 0.15) is 6.26 Å². The number of rotatable bonds is 3. The molecule has 0 saturated carbocycles. The average molecular weight is 465 g/mol. The van der Waals surface area contributed by atoms with Gasteiger partial charge in [-0.3, -0.25) is 14.1 Å². The molecular formula is C24H19ClN3O3S+. The fourth-order valence-electron chi connectivity index (χ4n) is 3.91. The smallest absolute Gasteiger partial charge is 0.293 e. The summed E-state index contributed by atoms with van der Waals surface area (Å²) in [5, 5.41) is 1.50. The van der Waals surface area contributed by atoms with Gasteiger partial charge < -0.3 is 0 Å². The van der Waals surface area contributed by atoms with Crippen LogP contribution >= 0.6 is 11.6 Å². The molecule has 0 saturated heterocycles. The summed E-state index contributed by atoms with van der Waals surface area (Å²) in [6.07, 6.45) is 2.96. The zero-order valence-electron chi connectivity index (χ0n) is 17.3. The Morgan fingerprint density at radius 2 is 1.62 bits per heavy atom. The van der Waals surface area contributed by atoms with Crippen molar-refractivity contribution in [3.63, 3.8) is 0 Å². The van der Waals surface area contributed by atoms with E-state index < -0.39 is 10.2 Å². The number of nitrogens with zero attached hydrogens (tertiary/aromatic N) is 3. The van der Waals surface area contributed by atoms with Crippen LogP contribution < -0.4 is 5.69 Å². The van der Waals surface area contributed by atoms with E-state index in [4.69, 9.17) is 11.6 Å². The molecule has 0 fully saturated rings. The third-order valence-corrected chi connectivity index (χ3v) is 6.99. The van der Waals surface area contributed by atoms with Crippen molar-refractivity contribution in [1.29, 1.82) is 0 Å². The van der Waals surface area contributed by atoms with Gasteiger partial charge in [-0.15, -0.1) is 0 Å². The van der Waals surface area contributed by atoms with E-state index in [2.05, 4.69) is 4.98 Å². The molecular weight excluding hydrogens is 446 g/mol. The summed E-state index contributed by atoms with van der Waals surface area (Å²) in [6.45, 7) is 0. The highest BCUT2D eigenvalue weighted by molar-refractivity contribution is 7.97. The second-order valence-corrected chi connectivity index (χ2v) is 10.2. The molecule has 2 aromatic heterocycles. The molecule has 0 aliphatic rings. The molecule has 0 amide bonds. The Hall–Kier alpha value is -3.26. The van der Waals surface area contributed by atoms with Crippen molar-refractivity contribution in [1.82, 2.24) is 14.1 Å². The summed E-state index contributed by atoms with van der Waals surface area (Å²) in [6, 6.07) is 20.0. The third kappa shape index (κ3) is 3.35. The molecule has 1 atom stereocenters. The summed E-state index contributed by atoms with van der Waals surface area (Å²) in [4.78, 5) is 18.0. The zero-order chi connectivity index (χ0) is 22.6. The molecule has 0 spiro atoms. The molecule has 0 bridgehead atoms. The maximum atomic E-state index is 13.2. The molecule has 0 aliphatic heterocycles. The van der Waals surface area contributed by atoms with Crippen molar-refractivity contribution in [2.75, 3.05) is 6.26 Å². The highest BCUT2D eigenvalue weighted by Gasteiger charge is 2.22. The Kier molecular flexibility index (Phi) is 4.78. The number of benzene rings is 3. The first-order chi connectivity index (χ1) is 15.2. The lowest BCUT2D eigenvalue weighted by molar-refractivity contribution is 0.503. The van der Waals surface area contributed by atoms with Gasteiger partial charge in [0.25, 0.3) is 0 Å². The lowest BCUT2D eigenvalue weighted by Gasteiger charge is -2.08. The summed E-state index contributed by atoms with van der Waals surface area (Å²) in [7, 11) is -1.38. The van der Waals surface area contributed by atoms with Gasteiger partial charge in [0.2, 0.25) is 10.2 Å². The molecule has 0 radical (unpaired) electrons. The monoisotopic (exact) mass is 464 g/mol. The molecule has 32 heavy (non-hydrogen) atoms. The highest BCUT2D eigenvalue weighted by atomic mass is 35.5. The summed E-state index contributed by atoms with van der Waals surface area (Å²) in [5.74, 6) is 0. The Labute approximate surface area is 190 Å². The molecule has 2 heterocycles. The van der Waals surface area contributed by atoms with E-state index in [1.165, 1.54) is 6.26 Å². The first kappa shape index (κ1) is 20.6. The maximum Gasteiger partial charge on any atom is 0.333 e. The van der Waals surface area contributed by atoms with Crippen LogP contribution in [0, 0.1) is 0 Å². The fourth-order valence-corrected chi connectivity index (χ4v) is 4.67. The Morgan fingerprint density at radius 3 is 2.28 bits per heavy atom. The van der Waals surface area contributed by atoms with E-state index in [1.807, 2.05) is 42.5 Å². The van der Waals surface area contributed by atoms with Crippen molar-refractivity contribution in [2.45, 2.75) is 4.90 Å². The second kappa shape index (κ2) is 7.41. The zero-order valence-corrected chi connectivity index (χ0v) is 18.9. The lowest BCUT2D eigenvalue weighted by atomic mass is 10.0. The number of fused-ring (bicyclic) bond motifs is 3. The molecule has 1 N–H and O–H groups in total. The van der Waals surface area contributed by atoms with Crippen LogP contribution in [0.5, 0.6) is 0 Å². The number of pyridine rings is 1. The molecule has 8 heteroatoms. The predicted molar refractivity (Wildman–Crippen MR) is 129 cm³/mol. The fraction of sp³-hybridized carbons (Fsp3) is 0.0833. The molecule has 3 aromatic carbocycles. The van der Waals surface area contributed by atoms with E-state index in [9.17, 15) is 13.6 Å². The Balaban J connectivity index is 1.80. The Bertz CT molecular complexity index is 1600. The molecule has 1 unspecified atom stereocenters. The standard InChI is InChI=1S/C24H18ClN3O3S/c1-27-22-14-26-21-12-5-16(15-3-6-17(25)7-4-15)13-20(21)23(22)28(24(27)29)18-8-10-19(11-9-18)32(2,30)31/h3-14H,1-2H3/p+1. The molecule has 160 valence electrons. The first-order valence-electron chi connectivity index (χ1n) is 9.82. The van der Waals surface area contributed by atoms with Gasteiger partial charge in [-0.2, -0.15) is 4.55 Å². The van der Waals surface area contributed by atoms with Crippen LogP contribution in [0.1, 0.15) is 0 Å². The van der Waals surface area contributed by atoms with Crippen LogP contribution in [-0.4, -0.2) is 24.9 Å². The van der Waals surface area contributed by atoms with Crippen LogP contribution in [0.25, 0.3) is 38.8 Å². The largest absolute Gasteiger partial charge is 0.333 e. The average Bonchev–Trinajstić information content (AvgIpc) is 3.04. The maximum absolute atomic E-state index is 13.2. The van der Waals surface area contributed by atoms with E-state index in [-0.39, 0.29) is 5.69 Å². The number of imidazole rings is 1. The number of aromatic nitrogens is 3. The van der Waals surface area contributed by atoms with Gasteiger partial charge in [0.05, 0.1) is 28.4 Å². The number of aryl methyl sites for hydroxylation is 1. The minimum absolute atomic E-state index is 0.222. The second-order valence-electron chi connectivity index (χ2n) is 7.70. The van der Waals surface area contributed by atoms with Crippen molar-refractivity contribution >= 4 is 43.8 Å². The quantitative estimate of drug-likeness (QED) is 0.374. The van der Waals surface area contributed by atoms with Crippen molar-refractivity contribution in [2.24, 2.45) is 7.05 Å². The lowest BCUT2D eigenvalue weighted by Crippen LogP contribution is -2.21. The van der Waals surface area contributed by atoms with E-state index >= 15 is 0 Å². The van der Waals surface area contributed by atoms with Gasteiger partial charge >= 0.3 is 5.69 Å². The van der Waals surface area contributed by atoms with Gasteiger partial charge in [0, 0.05) is 17.5 Å². The molecule has 6 nitrogen and oxygen atoms in total. The summed E-state index contributed by atoms with van der Waals surface area (Å²) >= 11 is 6.04. The van der Waals surface area contributed by atoms with Crippen molar-refractivity contribution < 1.29 is 8.76 Å². The van der Waals surface area contributed by atoms with Gasteiger partial charge in [-0.25, -0.2) is 4.79 Å². The summed E-state index contributed by atoms with van der Waals surface area (Å²) in [5.41, 5.74) is 4.56. The van der Waals surface area contributed by atoms with Gasteiger partial charge in [-0.05, 0) is 59.7 Å². The van der Waals surface area contributed by atoms with Crippen LogP contribution in [0.2, 0.25) is 5.02 Å². The summed E-state index contributed by atoms with van der Waals surface area (Å²) < 4.78 is 24.9. The van der Waals surface area contributed by atoms with Gasteiger partial charge in [0.15, 0.2) is 4.90 Å². The topological polar surface area (TPSA) is 77.1 Å². The van der Waals surface area contributed by atoms with Crippen molar-refractivity contribution in [3.8, 4) is 16.8 Å². The van der Waals surface area contributed by atoms with E-state index in [1.54, 1.807) is 46.6 Å². The third-order valence-electron chi connectivity index (χ3n) is 5.59. The molecule has 5 rings (SSSR count). The van der Waals surface area contributed by atoms with Crippen LogP contribution in [0.15, 0.2) is 82.6 Å². The minimum atomic E-state index is -3.09. The first-order valence-corrected chi connectivity index (χ1v) is 12.1. The SMILES string of the molecule is Cn1c(=O)n(-c2ccc([S+](C)(=O)O)cc2)c2c3cc(-c4ccc(Cl)cc4)ccc3ncc21. The number of halogens is 1. The normalized spacial score (nSPS) is 13.5.